The van der Waals surface area contributed by atoms with Gasteiger partial charge in [-0.05, 0) is 50.3 Å². The fourth-order valence-electron chi connectivity index (χ4n) is 3.33. The lowest BCUT2D eigenvalue weighted by Crippen LogP contribution is -2.39. The topological polar surface area (TPSA) is 67.3 Å². The Morgan fingerprint density at radius 3 is 2.81 bits per heavy atom. The summed E-state index contributed by atoms with van der Waals surface area (Å²) in [6.07, 6.45) is 2.22. The van der Waals surface area contributed by atoms with E-state index in [4.69, 9.17) is 4.74 Å². The van der Waals surface area contributed by atoms with Crippen molar-refractivity contribution in [2.24, 2.45) is 5.92 Å². The molecule has 1 atom stereocenters. The molecule has 2 aromatic rings. The number of benzene rings is 1. The van der Waals surface area contributed by atoms with Crippen molar-refractivity contribution >= 4 is 17.4 Å². The number of ether oxygens (including phenoxy) is 1. The third-order valence-corrected chi connectivity index (χ3v) is 4.62. The number of carbonyl (C=O) groups excluding carboxylic acids is 1. The lowest BCUT2D eigenvalue weighted by atomic mass is 10.00. The first-order valence-electron chi connectivity index (χ1n) is 9.03. The molecule has 1 N–H and O–H groups in total. The lowest BCUT2D eigenvalue weighted by Gasteiger charge is -2.30. The zero-order valence-corrected chi connectivity index (χ0v) is 15.9. The summed E-state index contributed by atoms with van der Waals surface area (Å²) < 4.78 is 5.41. The number of likely N-dealkylation sites (tertiary alicyclic amines) is 1. The van der Waals surface area contributed by atoms with Crippen LogP contribution in [0.5, 0.6) is 5.75 Å². The molecule has 1 fully saturated rings. The normalized spacial score (nSPS) is 17.1. The quantitative estimate of drug-likeness (QED) is 0.906. The minimum Gasteiger partial charge on any atom is -0.495 e. The summed E-state index contributed by atoms with van der Waals surface area (Å²) in [6, 6.07) is 7.61. The summed E-state index contributed by atoms with van der Waals surface area (Å²) in [5.74, 6) is 2.39. The van der Waals surface area contributed by atoms with Gasteiger partial charge in [0.25, 0.3) is 5.91 Å². The molecule has 3 rings (SSSR count). The number of nitrogens with zero attached hydrogens (tertiary/aromatic N) is 3. The smallest absolute Gasteiger partial charge is 0.272 e. The van der Waals surface area contributed by atoms with Gasteiger partial charge in [0.05, 0.1) is 12.8 Å². The Bertz CT molecular complexity index is 806. The molecular formula is C20H26N4O2. The van der Waals surface area contributed by atoms with Crippen molar-refractivity contribution in [3.63, 3.8) is 0 Å². The number of nitrogens with one attached hydrogen (secondary N) is 1. The van der Waals surface area contributed by atoms with E-state index in [2.05, 4.69) is 22.2 Å². The third kappa shape index (κ3) is 4.12. The number of amides is 1. The Morgan fingerprint density at radius 1 is 1.27 bits per heavy atom. The maximum absolute atomic E-state index is 12.9. The number of hydrogen-bond acceptors (Lipinski definition) is 5. The molecule has 0 radical (unpaired) electrons. The molecule has 2 heterocycles. The molecule has 1 aromatic carbocycles. The van der Waals surface area contributed by atoms with Crippen LogP contribution < -0.4 is 10.1 Å². The van der Waals surface area contributed by atoms with E-state index in [1.54, 1.807) is 20.1 Å². The van der Waals surface area contributed by atoms with Crippen LogP contribution in [0.4, 0.5) is 11.5 Å². The van der Waals surface area contributed by atoms with Gasteiger partial charge in [-0.2, -0.15) is 0 Å². The third-order valence-electron chi connectivity index (χ3n) is 4.62. The molecule has 1 aliphatic heterocycles. The van der Waals surface area contributed by atoms with E-state index in [9.17, 15) is 4.79 Å². The minimum absolute atomic E-state index is 0.0266. The molecule has 0 spiro atoms. The van der Waals surface area contributed by atoms with Crippen molar-refractivity contribution in [3.8, 4) is 5.75 Å². The van der Waals surface area contributed by atoms with E-state index in [1.165, 1.54) is 6.42 Å². The number of aromatic nitrogens is 2. The first-order chi connectivity index (χ1) is 12.5. The maximum Gasteiger partial charge on any atom is 0.272 e. The maximum atomic E-state index is 12.9. The van der Waals surface area contributed by atoms with E-state index < -0.39 is 0 Å². The number of aryl methyl sites for hydroxylation is 2. The Hall–Kier alpha value is -2.63. The number of hydrogen-bond donors (Lipinski definition) is 1. The lowest BCUT2D eigenvalue weighted by molar-refractivity contribution is 0.0676. The summed E-state index contributed by atoms with van der Waals surface area (Å²) in [7, 11) is 1.63. The average Bonchev–Trinajstić information content (AvgIpc) is 2.61. The number of methoxy groups -OCH3 is 1. The Kier molecular flexibility index (Phi) is 5.40. The predicted octanol–water partition coefficient (Wildman–Crippen LogP) is 3.72. The number of piperidine rings is 1. The molecular weight excluding hydrogens is 328 g/mol. The van der Waals surface area contributed by atoms with Gasteiger partial charge in [-0.1, -0.05) is 13.0 Å². The van der Waals surface area contributed by atoms with Gasteiger partial charge in [-0.3, -0.25) is 4.79 Å². The predicted molar refractivity (Wildman–Crippen MR) is 102 cm³/mol. The standard InChI is InChI=1S/C20H26N4O2/c1-13-7-8-18(26-4)16(10-13)23-19-11-17(21-15(3)22-19)20(25)24-9-5-6-14(2)12-24/h7-8,10-11,14H,5-6,9,12H2,1-4H3,(H,21,22,23). The van der Waals surface area contributed by atoms with Crippen molar-refractivity contribution in [2.75, 3.05) is 25.5 Å². The van der Waals surface area contributed by atoms with E-state index in [0.29, 0.717) is 23.3 Å². The van der Waals surface area contributed by atoms with Crippen LogP contribution in [0, 0.1) is 19.8 Å². The highest BCUT2D eigenvalue weighted by Crippen LogP contribution is 2.28. The zero-order chi connectivity index (χ0) is 18.7. The molecule has 26 heavy (non-hydrogen) atoms. The highest BCUT2D eigenvalue weighted by Gasteiger charge is 2.23. The Balaban J connectivity index is 1.86. The second-order valence-corrected chi connectivity index (χ2v) is 7.01. The summed E-state index contributed by atoms with van der Waals surface area (Å²) >= 11 is 0. The molecule has 6 nitrogen and oxygen atoms in total. The van der Waals surface area contributed by atoms with Gasteiger partial charge in [0, 0.05) is 19.2 Å². The van der Waals surface area contributed by atoms with Crippen molar-refractivity contribution in [1.29, 1.82) is 0 Å². The summed E-state index contributed by atoms with van der Waals surface area (Å²) in [5.41, 5.74) is 2.36. The minimum atomic E-state index is -0.0266. The zero-order valence-electron chi connectivity index (χ0n) is 15.9. The molecule has 1 aliphatic rings. The van der Waals surface area contributed by atoms with E-state index in [0.717, 1.165) is 36.5 Å². The second-order valence-electron chi connectivity index (χ2n) is 7.01. The number of rotatable bonds is 4. The SMILES string of the molecule is COc1ccc(C)cc1Nc1cc(C(=O)N2CCCC(C)C2)nc(C)n1. The fraction of sp³-hybridized carbons (Fsp3) is 0.450. The van der Waals surface area contributed by atoms with Crippen LogP contribution in [0.3, 0.4) is 0 Å². The van der Waals surface area contributed by atoms with Gasteiger partial charge >= 0.3 is 0 Å². The van der Waals surface area contributed by atoms with Gasteiger partial charge in [-0.25, -0.2) is 9.97 Å². The summed E-state index contributed by atoms with van der Waals surface area (Å²) in [6.45, 7) is 7.58. The Morgan fingerprint density at radius 2 is 2.08 bits per heavy atom. The van der Waals surface area contributed by atoms with Gasteiger partial charge < -0.3 is 15.0 Å². The van der Waals surface area contributed by atoms with Gasteiger partial charge in [0.15, 0.2) is 0 Å². The van der Waals surface area contributed by atoms with Crippen LogP contribution in [-0.4, -0.2) is 41.0 Å². The highest BCUT2D eigenvalue weighted by atomic mass is 16.5. The van der Waals surface area contributed by atoms with Gasteiger partial charge in [-0.15, -0.1) is 0 Å². The van der Waals surface area contributed by atoms with Crippen LogP contribution in [0.1, 0.15) is 41.6 Å². The van der Waals surface area contributed by atoms with Crippen molar-refractivity contribution in [3.05, 3.63) is 41.3 Å². The highest BCUT2D eigenvalue weighted by molar-refractivity contribution is 5.93. The molecule has 1 aromatic heterocycles. The molecule has 0 saturated carbocycles. The van der Waals surface area contributed by atoms with Crippen LogP contribution in [0.2, 0.25) is 0 Å². The van der Waals surface area contributed by atoms with Crippen LogP contribution in [0.15, 0.2) is 24.3 Å². The van der Waals surface area contributed by atoms with E-state index >= 15 is 0 Å². The van der Waals surface area contributed by atoms with Crippen molar-refractivity contribution in [2.45, 2.75) is 33.6 Å². The molecule has 138 valence electrons. The summed E-state index contributed by atoms with van der Waals surface area (Å²) in [4.78, 5) is 23.5. The molecule has 0 bridgehead atoms. The number of carbonyl (C=O) groups is 1. The largest absolute Gasteiger partial charge is 0.495 e. The van der Waals surface area contributed by atoms with Crippen LogP contribution in [0.25, 0.3) is 0 Å². The first-order valence-corrected chi connectivity index (χ1v) is 9.03. The van der Waals surface area contributed by atoms with Crippen molar-refractivity contribution in [1.82, 2.24) is 14.9 Å². The van der Waals surface area contributed by atoms with Crippen LogP contribution >= 0.6 is 0 Å². The monoisotopic (exact) mass is 354 g/mol. The molecule has 1 amide bonds. The molecule has 6 heteroatoms. The number of anilines is 2. The van der Waals surface area contributed by atoms with Gasteiger partial charge in [0.2, 0.25) is 0 Å². The second kappa shape index (κ2) is 7.72. The summed E-state index contributed by atoms with van der Waals surface area (Å²) in [5, 5.41) is 3.27. The first kappa shape index (κ1) is 18.2. The van der Waals surface area contributed by atoms with E-state index in [1.807, 2.05) is 30.0 Å². The van der Waals surface area contributed by atoms with Crippen LogP contribution in [-0.2, 0) is 0 Å². The van der Waals surface area contributed by atoms with Crippen molar-refractivity contribution < 1.29 is 9.53 Å². The Labute approximate surface area is 154 Å². The average molecular weight is 354 g/mol. The van der Waals surface area contributed by atoms with E-state index in [-0.39, 0.29) is 5.91 Å². The molecule has 1 saturated heterocycles. The van der Waals surface area contributed by atoms with Gasteiger partial charge in [0.1, 0.15) is 23.1 Å². The fourth-order valence-corrected chi connectivity index (χ4v) is 3.33. The molecule has 0 aliphatic carbocycles. The molecule has 1 unspecified atom stereocenters.